The van der Waals surface area contributed by atoms with E-state index in [1.54, 1.807) is 0 Å². The van der Waals surface area contributed by atoms with Crippen LogP contribution in [0.25, 0.3) is 0 Å². The van der Waals surface area contributed by atoms with Gasteiger partial charge in [-0.1, -0.05) is 26.2 Å². The molecule has 0 aromatic heterocycles. The number of ether oxygens (including phenoxy) is 1. The van der Waals surface area contributed by atoms with E-state index in [0.29, 0.717) is 6.54 Å². The number of nitrogens with one attached hydrogen (secondary N) is 1. The van der Waals surface area contributed by atoms with Crippen molar-refractivity contribution < 1.29 is 23.1 Å². The number of rotatable bonds is 8. The van der Waals surface area contributed by atoms with Crippen molar-refractivity contribution in [3.63, 3.8) is 0 Å². The van der Waals surface area contributed by atoms with Gasteiger partial charge in [0.1, 0.15) is 11.3 Å². The smallest absolute Gasteiger partial charge is 0.341 e. The molecular formula is C14H21NO5S. The third-order valence-corrected chi connectivity index (χ3v) is 4.46. The first kappa shape index (κ1) is 17.5. The number of carbonyl (C=O) groups is 1. The quantitative estimate of drug-likeness (QED) is 0.565. The van der Waals surface area contributed by atoms with Gasteiger partial charge in [-0.2, -0.15) is 0 Å². The molecule has 0 amide bonds. The van der Waals surface area contributed by atoms with Crippen LogP contribution >= 0.6 is 0 Å². The summed E-state index contributed by atoms with van der Waals surface area (Å²) < 4.78 is 31.2. The number of phenolic OH excluding ortho intramolecular Hbond substituents is 1. The first-order chi connectivity index (χ1) is 9.92. The van der Waals surface area contributed by atoms with E-state index < -0.39 is 16.0 Å². The monoisotopic (exact) mass is 315 g/mol. The van der Waals surface area contributed by atoms with E-state index >= 15 is 0 Å². The lowest BCUT2D eigenvalue weighted by Gasteiger charge is -2.09. The Morgan fingerprint density at radius 1 is 1.29 bits per heavy atom. The van der Waals surface area contributed by atoms with Crippen LogP contribution in [0.2, 0.25) is 0 Å². The number of phenols is 1. The van der Waals surface area contributed by atoms with Crippen LogP contribution in [0.3, 0.4) is 0 Å². The van der Waals surface area contributed by atoms with Gasteiger partial charge in [-0.25, -0.2) is 17.9 Å². The molecule has 0 saturated heterocycles. The average Bonchev–Trinajstić information content (AvgIpc) is 2.46. The maximum atomic E-state index is 12.1. The topological polar surface area (TPSA) is 92.7 Å². The van der Waals surface area contributed by atoms with Crippen molar-refractivity contribution in [2.45, 2.75) is 37.5 Å². The lowest BCUT2D eigenvalue weighted by molar-refractivity contribution is 0.0597. The number of sulfonamides is 1. The van der Waals surface area contributed by atoms with E-state index in [-0.39, 0.29) is 16.2 Å². The maximum Gasteiger partial charge on any atom is 0.341 e. The lowest BCUT2D eigenvalue weighted by Crippen LogP contribution is -2.25. The number of hydrogen-bond acceptors (Lipinski definition) is 5. The van der Waals surface area contributed by atoms with Crippen molar-refractivity contribution in [2.75, 3.05) is 13.7 Å². The summed E-state index contributed by atoms with van der Waals surface area (Å²) in [5.74, 6) is -1.10. The fourth-order valence-corrected chi connectivity index (χ4v) is 2.90. The Bertz CT molecular complexity index is 583. The molecule has 0 bridgehead atoms. The number of carbonyl (C=O) groups excluding carboxylic acids is 1. The van der Waals surface area contributed by atoms with E-state index in [0.717, 1.165) is 44.9 Å². The molecule has 0 heterocycles. The molecule has 118 valence electrons. The molecule has 0 aliphatic carbocycles. The summed E-state index contributed by atoms with van der Waals surface area (Å²) in [6, 6.07) is 3.52. The molecule has 0 aliphatic heterocycles. The van der Waals surface area contributed by atoms with Crippen LogP contribution < -0.4 is 4.72 Å². The largest absolute Gasteiger partial charge is 0.507 e. The summed E-state index contributed by atoms with van der Waals surface area (Å²) in [4.78, 5) is 11.4. The Morgan fingerprint density at radius 3 is 2.62 bits per heavy atom. The summed E-state index contributed by atoms with van der Waals surface area (Å²) >= 11 is 0. The Morgan fingerprint density at radius 2 is 2.00 bits per heavy atom. The Kier molecular flexibility index (Phi) is 6.64. The van der Waals surface area contributed by atoms with Gasteiger partial charge in [0.05, 0.1) is 12.0 Å². The molecule has 0 unspecified atom stereocenters. The number of esters is 1. The molecule has 0 atom stereocenters. The second-order valence-corrected chi connectivity index (χ2v) is 6.40. The molecule has 21 heavy (non-hydrogen) atoms. The van der Waals surface area contributed by atoms with Crippen LogP contribution in [-0.4, -0.2) is 33.1 Å². The second kappa shape index (κ2) is 7.99. The van der Waals surface area contributed by atoms with E-state index in [1.807, 2.05) is 0 Å². The molecule has 0 aliphatic rings. The van der Waals surface area contributed by atoms with E-state index in [9.17, 15) is 18.3 Å². The fourth-order valence-electron chi connectivity index (χ4n) is 1.80. The summed E-state index contributed by atoms with van der Waals surface area (Å²) in [7, 11) is -2.54. The highest BCUT2D eigenvalue weighted by atomic mass is 32.2. The van der Waals surface area contributed by atoms with Gasteiger partial charge in [0.15, 0.2) is 0 Å². The first-order valence-electron chi connectivity index (χ1n) is 6.83. The molecule has 0 saturated carbocycles. The van der Waals surface area contributed by atoms with Crippen molar-refractivity contribution in [1.82, 2.24) is 4.72 Å². The third kappa shape index (κ3) is 5.02. The molecule has 1 aromatic carbocycles. The van der Waals surface area contributed by atoms with E-state index in [4.69, 9.17) is 0 Å². The minimum Gasteiger partial charge on any atom is -0.507 e. The van der Waals surface area contributed by atoms with Crippen molar-refractivity contribution in [3.8, 4) is 5.75 Å². The van der Waals surface area contributed by atoms with Crippen LogP contribution in [0, 0.1) is 0 Å². The van der Waals surface area contributed by atoms with Crippen molar-refractivity contribution in [3.05, 3.63) is 23.8 Å². The van der Waals surface area contributed by atoms with Gasteiger partial charge in [-0.15, -0.1) is 0 Å². The minimum absolute atomic E-state index is 0.0730. The summed E-state index contributed by atoms with van der Waals surface area (Å²) in [5.41, 5.74) is -0.175. The molecule has 7 heteroatoms. The molecule has 1 aromatic rings. The lowest BCUT2D eigenvalue weighted by atomic mass is 10.2. The molecule has 2 N–H and O–H groups in total. The zero-order chi connectivity index (χ0) is 15.9. The van der Waals surface area contributed by atoms with Crippen LogP contribution in [0.5, 0.6) is 5.75 Å². The van der Waals surface area contributed by atoms with Gasteiger partial charge in [0, 0.05) is 6.54 Å². The van der Waals surface area contributed by atoms with Gasteiger partial charge < -0.3 is 9.84 Å². The number of methoxy groups -OCH3 is 1. The zero-order valence-electron chi connectivity index (χ0n) is 12.3. The summed E-state index contributed by atoms with van der Waals surface area (Å²) in [5, 5.41) is 9.56. The molecular weight excluding hydrogens is 294 g/mol. The minimum atomic E-state index is -3.70. The zero-order valence-corrected chi connectivity index (χ0v) is 13.1. The third-order valence-electron chi connectivity index (χ3n) is 3.01. The normalized spacial score (nSPS) is 11.3. The van der Waals surface area contributed by atoms with Gasteiger partial charge in [0.25, 0.3) is 0 Å². The van der Waals surface area contributed by atoms with Crippen LogP contribution in [0.1, 0.15) is 43.0 Å². The number of aromatic hydroxyl groups is 1. The van der Waals surface area contributed by atoms with Crippen LogP contribution in [0.15, 0.2) is 23.1 Å². The van der Waals surface area contributed by atoms with Gasteiger partial charge in [-0.05, 0) is 24.6 Å². The Labute approximate surface area is 125 Å². The fraction of sp³-hybridized carbons (Fsp3) is 0.500. The van der Waals surface area contributed by atoms with Crippen molar-refractivity contribution in [2.24, 2.45) is 0 Å². The van der Waals surface area contributed by atoms with Gasteiger partial charge in [-0.3, -0.25) is 0 Å². The van der Waals surface area contributed by atoms with E-state index in [1.165, 1.54) is 6.07 Å². The van der Waals surface area contributed by atoms with Crippen molar-refractivity contribution >= 4 is 16.0 Å². The highest BCUT2D eigenvalue weighted by molar-refractivity contribution is 7.89. The summed E-state index contributed by atoms with van der Waals surface area (Å²) in [6.45, 7) is 2.42. The van der Waals surface area contributed by atoms with E-state index in [2.05, 4.69) is 16.4 Å². The maximum absolute atomic E-state index is 12.1. The predicted molar refractivity (Wildman–Crippen MR) is 78.8 cm³/mol. The van der Waals surface area contributed by atoms with Crippen LogP contribution in [-0.2, 0) is 14.8 Å². The van der Waals surface area contributed by atoms with Crippen molar-refractivity contribution in [1.29, 1.82) is 0 Å². The molecule has 1 rings (SSSR count). The predicted octanol–water partition coefficient (Wildman–Crippen LogP) is 2.04. The SMILES string of the molecule is CCCCCCNS(=O)(=O)c1ccc(O)c(C(=O)OC)c1. The van der Waals surface area contributed by atoms with Crippen LogP contribution in [0.4, 0.5) is 0 Å². The standard InChI is InChI=1S/C14H21NO5S/c1-3-4-5-6-9-15-21(18,19)11-7-8-13(16)12(10-11)14(17)20-2/h7-8,10,15-16H,3-6,9H2,1-2H3. The Hall–Kier alpha value is -1.60. The highest BCUT2D eigenvalue weighted by Gasteiger charge is 2.19. The average molecular weight is 315 g/mol. The number of benzene rings is 1. The molecule has 6 nitrogen and oxygen atoms in total. The number of unbranched alkanes of at least 4 members (excludes halogenated alkanes) is 3. The second-order valence-electron chi connectivity index (χ2n) is 4.63. The molecule has 0 spiro atoms. The molecule has 0 fully saturated rings. The molecule has 0 radical (unpaired) electrons. The summed E-state index contributed by atoms with van der Waals surface area (Å²) in [6.07, 6.45) is 3.86. The van der Waals surface area contributed by atoms with Gasteiger partial charge in [0.2, 0.25) is 10.0 Å². The highest BCUT2D eigenvalue weighted by Crippen LogP contribution is 2.22. The number of hydrogen-bond donors (Lipinski definition) is 2. The Balaban J connectivity index is 2.81. The first-order valence-corrected chi connectivity index (χ1v) is 8.31. The van der Waals surface area contributed by atoms with Gasteiger partial charge >= 0.3 is 5.97 Å².